The van der Waals surface area contributed by atoms with E-state index in [0.717, 1.165) is 17.8 Å². The number of quaternary nitrogens is 1. The van der Waals surface area contributed by atoms with Crippen molar-refractivity contribution in [3.8, 4) is 0 Å². The first-order valence-electron chi connectivity index (χ1n) is 9.16. The molecule has 0 amide bonds. The molecule has 0 saturated carbocycles. The second kappa shape index (κ2) is 14.4. The average Bonchev–Trinajstić information content (AvgIpc) is 2.36. The zero-order valence-corrected chi connectivity index (χ0v) is 16.4. The predicted molar refractivity (Wildman–Crippen MR) is 96.6 cm³/mol. The maximum absolute atomic E-state index is 2.37. The largest absolute Gasteiger partial charge is 1.00 e. The topological polar surface area (TPSA) is 31.5 Å². The maximum Gasteiger partial charge on any atom is 0.0789 e. The lowest BCUT2D eigenvalue weighted by Gasteiger charge is -2.40. The van der Waals surface area contributed by atoms with Crippen molar-refractivity contribution in [2.45, 2.75) is 80.6 Å². The molecule has 0 bridgehead atoms. The molecule has 0 aromatic carbocycles. The first-order chi connectivity index (χ1) is 9.31. The van der Waals surface area contributed by atoms with Crippen LogP contribution in [0.4, 0.5) is 0 Å². The van der Waals surface area contributed by atoms with Gasteiger partial charge in [0.1, 0.15) is 0 Å². The minimum absolute atomic E-state index is 0. The van der Waals surface area contributed by atoms with Crippen molar-refractivity contribution in [1.29, 1.82) is 0 Å². The Morgan fingerprint density at radius 1 is 0.636 bits per heavy atom. The van der Waals surface area contributed by atoms with Crippen LogP contribution in [0.1, 0.15) is 80.6 Å². The summed E-state index contributed by atoms with van der Waals surface area (Å²) in [6, 6.07) is 0. The second-order valence-corrected chi connectivity index (χ2v) is 8.14. The van der Waals surface area contributed by atoms with Crippen LogP contribution in [-0.4, -0.2) is 36.1 Å². The molecule has 2 nitrogen and oxygen atoms in total. The van der Waals surface area contributed by atoms with E-state index >= 15 is 0 Å². The maximum atomic E-state index is 2.37. The monoisotopic (exact) mass is 321 g/mol. The third-order valence-corrected chi connectivity index (χ3v) is 4.53. The van der Waals surface area contributed by atoms with Crippen molar-refractivity contribution in [3.05, 3.63) is 0 Å². The molecule has 0 saturated heterocycles. The van der Waals surface area contributed by atoms with Gasteiger partial charge in [-0.2, -0.15) is 0 Å². The molecular weight excluding hydrogens is 277 g/mol. The molecule has 0 fully saturated rings. The van der Waals surface area contributed by atoms with Crippen LogP contribution in [-0.2, 0) is 0 Å². The van der Waals surface area contributed by atoms with Crippen molar-refractivity contribution >= 4 is 0 Å². The SMILES string of the molecule is CCCC[N+](CCC(C)C)(CCC(C)C)CCC(C)C.O.[F-]. The van der Waals surface area contributed by atoms with Crippen molar-refractivity contribution in [3.63, 3.8) is 0 Å². The molecule has 0 atom stereocenters. The Kier molecular flexibility index (Phi) is 17.5. The summed E-state index contributed by atoms with van der Waals surface area (Å²) >= 11 is 0. The van der Waals surface area contributed by atoms with Gasteiger partial charge in [0.05, 0.1) is 26.2 Å². The van der Waals surface area contributed by atoms with Crippen LogP contribution >= 0.6 is 0 Å². The van der Waals surface area contributed by atoms with Gasteiger partial charge in [0, 0.05) is 0 Å². The zero-order chi connectivity index (χ0) is 15.6. The summed E-state index contributed by atoms with van der Waals surface area (Å²) in [5.41, 5.74) is 0. The van der Waals surface area contributed by atoms with E-state index in [1.54, 1.807) is 0 Å². The molecular formula is C19H44FNO. The summed E-state index contributed by atoms with van der Waals surface area (Å²) in [6.07, 6.45) is 6.90. The minimum Gasteiger partial charge on any atom is -1.00 e. The molecule has 0 spiro atoms. The van der Waals surface area contributed by atoms with Gasteiger partial charge in [0.2, 0.25) is 0 Å². The third-order valence-electron chi connectivity index (χ3n) is 4.53. The highest BCUT2D eigenvalue weighted by molar-refractivity contribution is 4.55. The van der Waals surface area contributed by atoms with Gasteiger partial charge >= 0.3 is 0 Å². The van der Waals surface area contributed by atoms with E-state index in [1.165, 1.54) is 62.8 Å². The fourth-order valence-corrected chi connectivity index (χ4v) is 2.76. The molecule has 0 aromatic rings. The summed E-state index contributed by atoms with van der Waals surface area (Å²) in [7, 11) is 0. The normalized spacial score (nSPS) is 11.7. The Balaban J connectivity index is -0.00000180. The van der Waals surface area contributed by atoms with Gasteiger partial charge in [-0.3, -0.25) is 0 Å². The van der Waals surface area contributed by atoms with Crippen LogP contribution in [0.25, 0.3) is 0 Å². The number of nitrogens with zero attached hydrogens (tertiary/aromatic N) is 1. The van der Waals surface area contributed by atoms with E-state index in [4.69, 9.17) is 0 Å². The lowest BCUT2D eigenvalue weighted by atomic mass is 10.0. The van der Waals surface area contributed by atoms with E-state index in [0.29, 0.717) is 0 Å². The fourth-order valence-electron chi connectivity index (χ4n) is 2.76. The predicted octanol–water partition coefficient (Wildman–Crippen LogP) is 1.92. The summed E-state index contributed by atoms with van der Waals surface area (Å²) in [5, 5.41) is 0. The van der Waals surface area contributed by atoms with Crippen LogP contribution in [0.3, 0.4) is 0 Å². The van der Waals surface area contributed by atoms with Gasteiger partial charge in [0.25, 0.3) is 0 Å². The first kappa shape index (κ1) is 26.7. The Bertz CT molecular complexity index is 198. The smallest absolute Gasteiger partial charge is 0.0789 e. The summed E-state index contributed by atoms with van der Waals surface area (Å²) in [5.74, 6) is 2.52. The quantitative estimate of drug-likeness (QED) is 0.492. The number of halogens is 1. The van der Waals surface area contributed by atoms with Crippen LogP contribution in [0.15, 0.2) is 0 Å². The highest BCUT2D eigenvalue weighted by atomic mass is 19.0. The highest BCUT2D eigenvalue weighted by Gasteiger charge is 2.27. The Morgan fingerprint density at radius 2 is 0.955 bits per heavy atom. The molecule has 0 aliphatic rings. The van der Waals surface area contributed by atoms with Crippen LogP contribution < -0.4 is 4.70 Å². The van der Waals surface area contributed by atoms with E-state index in [-0.39, 0.29) is 10.2 Å². The summed E-state index contributed by atoms with van der Waals surface area (Å²) in [6.45, 7) is 22.2. The van der Waals surface area contributed by atoms with Gasteiger partial charge in [-0.15, -0.1) is 0 Å². The van der Waals surface area contributed by atoms with Crippen molar-refractivity contribution in [2.75, 3.05) is 26.2 Å². The molecule has 0 rings (SSSR count). The van der Waals surface area contributed by atoms with E-state index in [9.17, 15) is 0 Å². The minimum atomic E-state index is 0. The molecule has 0 unspecified atom stereocenters. The standard InChI is InChI=1S/C19H42N.FH.H2O/c1-8-9-13-20(14-10-17(2)3,15-11-18(4)5)16-12-19(6)7;;/h17-19H,8-16H2,1-7H3;1H;1H2/q+1;;/p-1. The Labute approximate surface area is 139 Å². The van der Waals surface area contributed by atoms with E-state index in [1.807, 2.05) is 0 Å². The number of unbranched alkanes of at least 4 members (excludes halogenated alkanes) is 1. The molecule has 0 heterocycles. The molecule has 3 heteroatoms. The van der Waals surface area contributed by atoms with Crippen molar-refractivity contribution in [1.82, 2.24) is 0 Å². The number of rotatable bonds is 12. The molecule has 2 N–H and O–H groups in total. The second-order valence-electron chi connectivity index (χ2n) is 8.14. The van der Waals surface area contributed by atoms with Gasteiger partial charge in [0.15, 0.2) is 0 Å². The molecule has 0 radical (unpaired) electrons. The highest BCUT2D eigenvalue weighted by Crippen LogP contribution is 2.20. The van der Waals surface area contributed by atoms with Crippen molar-refractivity contribution in [2.24, 2.45) is 17.8 Å². The summed E-state index contributed by atoms with van der Waals surface area (Å²) < 4.78 is 1.39. The van der Waals surface area contributed by atoms with Gasteiger partial charge < -0.3 is 14.7 Å². The molecule has 0 aliphatic carbocycles. The molecule has 22 heavy (non-hydrogen) atoms. The summed E-state index contributed by atoms with van der Waals surface area (Å²) in [4.78, 5) is 0. The average molecular weight is 322 g/mol. The van der Waals surface area contributed by atoms with E-state index < -0.39 is 0 Å². The van der Waals surface area contributed by atoms with Gasteiger partial charge in [-0.1, -0.05) is 54.9 Å². The lowest BCUT2D eigenvalue weighted by Crippen LogP contribution is -3.00. The first-order valence-corrected chi connectivity index (χ1v) is 9.16. The molecule has 138 valence electrons. The molecule has 0 aromatic heterocycles. The fraction of sp³-hybridized carbons (Fsp3) is 1.00. The molecule has 0 aliphatic heterocycles. The Hall–Kier alpha value is -0.150. The Morgan fingerprint density at radius 3 is 1.18 bits per heavy atom. The van der Waals surface area contributed by atoms with Crippen LogP contribution in [0.5, 0.6) is 0 Å². The van der Waals surface area contributed by atoms with Crippen LogP contribution in [0, 0.1) is 17.8 Å². The van der Waals surface area contributed by atoms with Crippen LogP contribution in [0.2, 0.25) is 0 Å². The van der Waals surface area contributed by atoms with E-state index in [2.05, 4.69) is 48.5 Å². The van der Waals surface area contributed by atoms with Crippen molar-refractivity contribution < 1.29 is 14.7 Å². The van der Waals surface area contributed by atoms with Gasteiger partial charge in [-0.25, -0.2) is 0 Å². The lowest BCUT2D eigenvalue weighted by molar-refractivity contribution is -0.929. The zero-order valence-electron chi connectivity index (χ0n) is 16.4. The number of hydrogen-bond donors (Lipinski definition) is 0. The number of hydrogen-bond acceptors (Lipinski definition) is 0. The third kappa shape index (κ3) is 13.5. The van der Waals surface area contributed by atoms with Gasteiger partial charge in [-0.05, 0) is 43.4 Å².